The van der Waals surface area contributed by atoms with E-state index in [0.717, 1.165) is 13.1 Å². The fourth-order valence-corrected chi connectivity index (χ4v) is 1.17. The van der Waals surface area contributed by atoms with Crippen molar-refractivity contribution in [1.29, 1.82) is 0 Å². The molecule has 1 amide bonds. The topological polar surface area (TPSA) is 54.0 Å². The average Bonchev–Trinajstić information content (AvgIpc) is 2.12. The van der Waals surface area contributed by atoms with Gasteiger partial charge in [0.25, 0.3) is 5.91 Å². The van der Waals surface area contributed by atoms with E-state index in [1.54, 1.807) is 0 Å². The molecular formula is C9H11ClFN3O. The van der Waals surface area contributed by atoms with Crippen molar-refractivity contribution >= 4 is 18.3 Å². The van der Waals surface area contributed by atoms with E-state index < -0.39 is 5.95 Å². The Labute approximate surface area is 92.7 Å². The lowest BCUT2D eigenvalue weighted by molar-refractivity contribution is 0.0923. The number of nitrogens with zero attached hydrogens (tertiary/aromatic N) is 1. The maximum atomic E-state index is 12.4. The van der Waals surface area contributed by atoms with Gasteiger partial charge in [0, 0.05) is 19.3 Å². The zero-order valence-corrected chi connectivity index (χ0v) is 8.68. The third-order valence-electron chi connectivity index (χ3n) is 2.11. The third kappa shape index (κ3) is 2.87. The first-order valence-corrected chi connectivity index (χ1v) is 4.39. The molecule has 0 unspecified atom stereocenters. The summed E-state index contributed by atoms with van der Waals surface area (Å²) in [4.78, 5) is 14.9. The predicted octanol–water partition coefficient (Wildman–Crippen LogP) is 0.344. The van der Waals surface area contributed by atoms with Gasteiger partial charge in [-0.05, 0) is 12.1 Å². The predicted molar refractivity (Wildman–Crippen MR) is 55.6 cm³/mol. The first-order chi connectivity index (χ1) is 6.75. The minimum Gasteiger partial charge on any atom is -0.347 e. The molecule has 2 N–H and O–H groups in total. The summed E-state index contributed by atoms with van der Waals surface area (Å²) in [5.74, 6) is -0.782. The van der Waals surface area contributed by atoms with Crippen molar-refractivity contribution in [3.63, 3.8) is 0 Å². The first kappa shape index (κ1) is 11.9. The van der Waals surface area contributed by atoms with Crippen LogP contribution in [0.3, 0.4) is 0 Å². The summed E-state index contributed by atoms with van der Waals surface area (Å²) in [5, 5.41) is 5.83. The molecule has 4 nitrogen and oxygen atoms in total. The van der Waals surface area contributed by atoms with Gasteiger partial charge in [0.15, 0.2) is 0 Å². The van der Waals surface area contributed by atoms with Crippen LogP contribution in [0, 0.1) is 5.95 Å². The van der Waals surface area contributed by atoms with Gasteiger partial charge in [0.05, 0.1) is 11.6 Å². The van der Waals surface area contributed by atoms with Gasteiger partial charge in [-0.3, -0.25) is 4.79 Å². The molecule has 82 valence electrons. The number of halogens is 2. The average molecular weight is 232 g/mol. The number of aromatic nitrogens is 1. The Morgan fingerprint density at radius 1 is 1.53 bits per heavy atom. The molecule has 6 heteroatoms. The largest absolute Gasteiger partial charge is 0.347 e. The van der Waals surface area contributed by atoms with Gasteiger partial charge >= 0.3 is 0 Å². The summed E-state index contributed by atoms with van der Waals surface area (Å²) >= 11 is 0. The molecule has 0 bridgehead atoms. The Morgan fingerprint density at radius 2 is 2.27 bits per heavy atom. The molecule has 1 aromatic rings. The zero-order valence-electron chi connectivity index (χ0n) is 7.87. The van der Waals surface area contributed by atoms with Gasteiger partial charge in [-0.25, -0.2) is 4.98 Å². The molecule has 0 aromatic carbocycles. The van der Waals surface area contributed by atoms with Crippen LogP contribution in [-0.2, 0) is 0 Å². The third-order valence-corrected chi connectivity index (χ3v) is 2.11. The molecule has 1 aliphatic rings. The summed E-state index contributed by atoms with van der Waals surface area (Å²) in [6.07, 6.45) is 1.23. The van der Waals surface area contributed by atoms with E-state index in [4.69, 9.17) is 0 Å². The molecule has 0 spiro atoms. The normalized spacial score (nSPS) is 15.0. The van der Waals surface area contributed by atoms with Gasteiger partial charge < -0.3 is 10.6 Å². The summed E-state index contributed by atoms with van der Waals surface area (Å²) in [7, 11) is 0. The number of carbonyl (C=O) groups excluding carboxylic acids is 1. The van der Waals surface area contributed by atoms with E-state index >= 15 is 0 Å². The van der Waals surface area contributed by atoms with Gasteiger partial charge in [0.2, 0.25) is 5.95 Å². The lowest BCUT2D eigenvalue weighted by atomic mass is 10.1. The molecule has 1 fully saturated rings. The second-order valence-corrected chi connectivity index (χ2v) is 3.20. The van der Waals surface area contributed by atoms with Crippen molar-refractivity contribution in [1.82, 2.24) is 15.6 Å². The van der Waals surface area contributed by atoms with E-state index in [9.17, 15) is 9.18 Å². The SMILES string of the molecule is Cl.O=C(NC1CNC1)c1ccc(F)nc1. The highest BCUT2D eigenvalue weighted by atomic mass is 35.5. The maximum Gasteiger partial charge on any atom is 0.253 e. The van der Waals surface area contributed by atoms with Crippen LogP contribution in [0.25, 0.3) is 0 Å². The fraction of sp³-hybridized carbons (Fsp3) is 0.333. The van der Waals surface area contributed by atoms with Crippen LogP contribution in [-0.4, -0.2) is 30.0 Å². The van der Waals surface area contributed by atoms with Crippen molar-refractivity contribution in [2.24, 2.45) is 0 Å². The Bertz CT molecular complexity index is 340. The fourth-order valence-electron chi connectivity index (χ4n) is 1.17. The Hall–Kier alpha value is -1.20. The first-order valence-electron chi connectivity index (χ1n) is 4.39. The molecule has 1 saturated heterocycles. The van der Waals surface area contributed by atoms with Gasteiger partial charge in [-0.1, -0.05) is 0 Å². The number of hydrogen-bond donors (Lipinski definition) is 2. The van der Waals surface area contributed by atoms with E-state index in [2.05, 4.69) is 15.6 Å². The van der Waals surface area contributed by atoms with Crippen LogP contribution in [0.2, 0.25) is 0 Å². The summed E-state index contributed by atoms with van der Waals surface area (Å²) in [6.45, 7) is 1.58. The monoisotopic (exact) mass is 231 g/mol. The second-order valence-electron chi connectivity index (χ2n) is 3.20. The van der Waals surface area contributed by atoms with Crippen molar-refractivity contribution < 1.29 is 9.18 Å². The van der Waals surface area contributed by atoms with Gasteiger partial charge in [-0.15, -0.1) is 12.4 Å². The van der Waals surface area contributed by atoms with Crippen molar-refractivity contribution in [2.75, 3.05) is 13.1 Å². The quantitative estimate of drug-likeness (QED) is 0.722. The Morgan fingerprint density at radius 3 is 2.73 bits per heavy atom. The molecule has 15 heavy (non-hydrogen) atoms. The lowest BCUT2D eigenvalue weighted by Gasteiger charge is -2.27. The minimum absolute atomic E-state index is 0. The lowest BCUT2D eigenvalue weighted by Crippen LogP contribution is -2.56. The maximum absolute atomic E-state index is 12.4. The van der Waals surface area contributed by atoms with Crippen LogP contribution in [0.15, 0.2) is 18.3 Å². The number of carbonyl (C=O) groups is 1. The van der Waals surface area contributed by atoms with Crippen LogP contribution >= 0.6 is 12.4 Å². The van der Waals surface area contributed by atoms with Crippen LogP contribution in [0.1, 0.15) is 10.4 Å². The number of rotatable bonds is 2. The Kier molecular flexibility index (Phi) is 3.99. The van der Waals surface area contributed by atoms with Crippen molar-refractivity contribution in [3.05, 3.63) is 29.8 Å². The van der Waals surface area contributed by atoms with Gasteiger partial charge in [0.1, 0.15) is 0 Å². The van der Waals surface area contributed by atoms with E-state index in [1.165, 1.54) is 18.3 Å². The van der Waals surface area contributed by atoms with Crippen LogP contribution in [0.5, 0.6) is 0 Å². The zero-order chi connectivity index (χ0) is 9.97. The molecule has 0 atom stereocenters. The number of pyridine rings is 1. The number of hydrogen-bond acceptors (Lipinski definition) is 3. The number of nitrogens with one attached hydrogen (secondary N) is 2. The minimum atomic E-state index is -0.577. The summed E-state index contributed by atoms with van der Waals surface area (Å²) < 4.78 is 12.4. The summed E-state index contributed by atoms with van der Waals surface area (Å²) in [6, 6.07) is 2.78. The highest BCUT2D eigenvalue weighted by Crippen LogP contribution is 2.00. The highest BCUT2D eigenvalue weighted by Gasteiger charge is 2.19. The van der Waals surface area contributed by atoms with Crippen molar-refractivity contribution in [3.8, 4) is 0 Å². The van der Waals surface area contributed by atoms with E-state index in [-0.39, 0.29) is 24.4 Å². The van der Waals surface area contributed by atoms with Crippen LogP contribution < -0.4 is 10.6 Å². The molecule has 2 rings (SSSR count). The molecule has 1 aliphatic heterocycles. The molecule has 0 saturated carbocycles. The number of amides is 1. The molecular weight excluding hydrogens is 221 g/mol. The standard InChI is InChI=1S/C9H10FN3O.ClH/c10-8-2-1-6(3-12-8)9(14)13-7-4-11-5-7;/h1-3,7,11H,4-5H2,(H,13,14);1H. The Balaban J connectivity index is 0.00000112. The van der Waals surface area contributed by atoms with E-state index in [0.29, 0.717) is 5.56 Å². The van der Waals surface area contributed by atoms with Crippen molar-refractivity contribution in [2.45, 2.75) is 6.04 Å². The molecule has 2 heterocycles. The molecule has 1 aromatic heterocycles. The second kappa shape index (κ2) is 5.04. The van der Waals surface area contributed by atoms with Crippen LogP contribution in [0.4, 0.5) is 4.39 Å². The molecule has 0 radical (unpaired) electrons. The van der Waals surface area contributed by atoms with Gasteiger partial charge in [-0.2, -0.15) is 4.39 Å². The highest BCUT2D eigenvalue weighted by molar-refractivity contribution is 5.94. The molecule has 0 aliphatic carbocycles. The smallest absolute Gasteiger partial charge is 0.253 e. The summed E-state index contributed by atoms with van der Waals surface area (Å²) in [5.41, 5.74) is 0.387. The van der Waals surface area contributed by atoms with E-state index in [1.807, 2.05) is 0 Å².